The van der Waals surface area contributed by atoms with Gasteiger partial charge in [0.2, 0.25) is 0 Å². The highest BCUT2D eigenvalue weighted by molar-refractivity contribution is 5.41. The van der Waals surface area contributed by atoms with Gasteiger partial charge < -0.3 is 5.32 Å². The largest absolute Gasteiger partial charge is 0.319 e. The molecular weight excluding hydrogens is 153 g/mol. The van der Waals surface area contributed by atoms with E-state index in [2.05, 4.69) is 5.32 Å². The molecule has 1 atom stereocenters. The molecule has 2 rings (SSSR count). The van der Waals surface area contributed by atoms with E-state index in [1.165, 1.54) is 11.6 Å². The van der Waals surface area contributed by atoms with Crippen LogP contribution in [0.5, 0.6) is 0 Å². The number of hydrogen-bond acceptors (Lipinski definition) is 1. The van der Waals surface area contributed by atoms with Crippen LogP contribution in [0.4, 0.5) is 4.39 Å². The fourth-order valence-corrected chi connectivity index (χ4v) is 1.83. The molecule has 0 bridgehead atoms. The maximum atomic E-state index is 13.0. The Morgan fingerprint density at radius 1 is 1.58 bits per heavy atom. The standard InChI is InChI=1S/C10H12FN/c1-12-6-7-5-9-8(7)3-2-4-10(9)11/h2-4,7,12H,5-6H2,1H3. The van der Waals surface area contributed by atoms with Crippen molar-refractivity contribution in [2.24, 2.45) is 0 Å². The zero-order valence-electron chi connectivity index (χ0n) is 7.10. The van der Waals surface area contributed by atoms with Crippen molar-refractivity contribution in [3.63, 3.8) is 0 Å². The van der Waals surface area contributed by atoms with Crippen LogP contribution >= 0.6 is 0 Å². The van der Waals surface area contributed by atoms with Crippen LogP contribution < -0.4 is 5.32 Å². The minimum absolute atomic E-state index is 0.0418. The number of halogens is 1. The molecule has 0 radical (unpaired) electrons. The van der Waals surface area contributed by atoms with E-state index >= 15 is 0 Å². The summed E-state index contributed by atoms with van der Waals surface area (Å²) in [6.45, 7) is 0.955. The molecule has 1 N–H and O–H groups in total. The lowest BCUT2D eigenvalue weighted by molar-refractivity contribution is 0.518. The van der Waals surface area contributed by atoms with Crippen LogP contribution in [0.2, 0.25) is 0 Å². The van der Waals surface area contributed by atoms with Gasteiger partial charge in [0.25, 0.3) is 0 Å². The Bertz CT molecular complexity index is 296. The van der Waals surface area contributed by atoms with Crippen molar-refractivity contribution >= 4 is 0 Å². The Hall–Kier alpha value is -0.890. The third-order valence-corrected chi connectivity index (χ3v) is 2.50. The maximum absolute atomic E-state index is 13.0. The van der Waals surface area contributed by atoms with E-state index in [1.54, 1.807) is 6.07 Å². The van der Waals surface area contributed by atoms with Crippen LogP contribution in [0.1, 0.15) is 17.0 Å². The molecule has 1 aliphatic rings. The Balaban J connectivity index is 2.24. The van der Waals surface area contributed by atoms with Gasteiger partial charge in [-0.25, -0.2) is 4.39 Å². The van der Waals surface area contributed by atoms with E-state index < -0.39 is 0 Å². The summed E-state index contributed by atoms with van der Waals surface area (Å²) in [7, 11) is 1.93. The average Bonchev–Trinajstić information content (AvgIpc) is 2.04. The number of nitrogens with one attached hydrogen (secondary N) is 1. The van der Waals surface area contributed by atoms with Crippen molar-refractivity contribution in [3.8, 4) is 0 Å². The van der Waals surface area contributed by atoms with Gasteiger partial charge in [-0.2, -0.15) is 0 Å². The summed E-state index contributed by atoms with van der Waals surface area (Å²) in [4.78, 5) is 0. The first-order valence-electron chi connectivity index (χ1n) is 4.25. The van der Waals surface area contributed by atoms with E-state index in [0.29, 0.717) is 5.92 Å². The summed E-state index contributed by atoms with van der Waals surface area (Å²) in [6, 6.07) is 5.34. The summed E-state index contributed by atoms with van der Waals surface area (Å²) in [6.07, 6.45) is 0.892. The van der Waals surface area contributed by atoms with E-state index in [9.17, 15) is 4.39 Å². The Morgan fingerprint density at radius 3 is 3.17 bits per heavy atom. The predicted molar refractivity (Wildman–Crippen MR) is 46.8 cm³/mol. The quantitative estimate of drug-likeness (QED) is 0.703. The molecule has 1 aromatic rings. The van der Waals surface area contributed by atoms with Gasteiger partial charge in [-0.1, -0.05) is 12.1 Å². The van der Waals surface area contributed by atoms with Crippen molar-refractivity contribution < 1.29 is 4.39 Å². The van der Waals surface area contributed by atoms with Gasteiger partial charge in [0, 0.05) is 12.5 Å². The SMILES string of the molecule is CNCC1Cc2c(F)cccc21. The Labute approximate surface area is 71.6 Å². The zero-order valence-corrected chi connectivity index (χ0v) is 7.10. The van der Waals surface area contributed by atoms with Gasteiger partial charge in [0.15, 0.2) is 0 Å². The van der Waals surface area contributed by atoms with Crippen molar-refractivity contribution in [1.29, 1.82) is 0 Å². The van der Waals surface area contributed by atoms with Crippen LogP contribution in [-0.2, 0) is 6.42 Å². The van der Waals surface area contributed by atoms with Gasteiger partial charge in [0.05, 0.1) is 0 Å². The molecule has 0 saturated heterocycles. The first-order valence-corrected chi connectivity index (χ1v) is 4.25. The second-order valence-electron chi connectivity index (χ2n) is 3.27. The molecule has 0 heterocycles. The third kappa shape index (κ3) is 1.03. The average molecular weight is 165 g/mol. The third-order valence-electron chi connectivity index (χ3n) is 2.50. The number of rotatable bonds is 2. The molecule has 0 spiro atoms. The monoisotopic (exact) mass is 165 g/mol. The maximum Gasteiger partial charge on any atom is 0.126 e. The molecule has 12 heavy (non-hydrogen) atoms. The first-order chi connectivity index (χ1) is 5.83. The zero-order chi connectivity index (χ0) is 8.55. The number of fused-ring (bicyclic) bond motifs is 1. The fourth-order valence-electron chi connectivity index (χ4n) is 1.83. The predicted octanol–water partition coefficient (Wildman–Crippen LogP) is 1.68. The van der Waals surface area contributed by atoms with E-state index in [4.69, 9.17) is 0 Å². The molecule has 1 aromatic carbocycles. The normalized spacial score (nSPS) is 20.0. The van der Waals surface area contributed by atoms with Crippen LogP contribution in [0, 0.1) is 5.82 Å². The molecular formula is C10H12FN. The lowest BCUT2D eigenvalue weighted by Crippen LogP contribution is -2.27. The molecule has 1 nitrogen and oxygen atoms in total. The number of benzene rings is 1. The molecule has 64 valence electrons. The molecule has 2 heteroatoms. The van der Waals surface area contributed by atoms with Crippen LogP contribution in [0.15, 0.2) is 18.2 Å². The molecule has 0 aliphatic heterocycles. The van der Waals surface area contributed by atoms with Gasteiger partial charge in [0.1, 0.15) is 5.82 Å². The highest BCUT2D eigenvalue weighted by Crippen LogP contribution is 2.35. The number of likely N-dealkylation sites (N-methyl/N-ethyl adjacent to an activating group) is 1. The summed E-state index contributed by atoms with van der Waals surface area (Å²) in [5, 5.41) is 3.11. The van der Waals surface area contributed by atoms with Gasteiger partial charge >= 0.3 is 0 Å². The van der Waals surface area contributed by atoms with Crippen molar-refractivity contribution in [3.05, 3.63) is 35.1 Å². The molecule has 1 unspecified atom stereocenters. The molecule has 0 fully saturated rings. The van der Waals surface area contributed by atoms with E-state index in [-0.39, 0.29) is 5.82 Å². The van der Waals surface area contributed by atoms with E-state index in [1.807, 2.05) is 13.1 Å². The van der Waals surface area contributed by atoms with Gasteiger partial charge in [-0.15, -0.1) is 0 Å². The van der Waals surface area contributed by atoms with Crippen molar-refractivity contribution in [2.45, 2.75) is 12.3 Å². The summed E-state index contributed by atoms with van der Waals surface area (Å²) in [5.74, 6) is 0.487. The topological polar surface area (TPSA) is 12.0 Å². The highest BCUT2D eigenvalue weighted by atomic mass is 19.1. The van der Waals surface area contributed by atoms with Gasteiger partial charge in [-0.3, -0.25) is 0 Å². The first kappa shape index (κ1) is 7.74. The smallest absolute Gasteiger partial charge is 0.126 e. The van der Waals surface area contributed by atoms with Crippen LogP contribution in [0.25, 0.3) is 0 Å². The number of hydrogen-bond donors (Lipinski definition) is 1. The Kier molecular flexibility index (Phi) is 1.85. The van der Waals surface area contributed by atoms with Crippen LogP contribution in [0.3, 0.4) is 0 Å². The molecule has 0 amide bonds. The second-order valence-corrected chi connectivity index (χ2v) is 3.27. The summed E-state index contributed by atoms with van der Waals surface area (Å²) in [5.41, 5.74) is 2.10. The molecule has 0 saturated carbocycles. The summed E-state index contributed by atoms with van der Waals surface area (Å²) >= 11 is 0. The Morgan fingerprint density at radius 2 is 2.42 bits per heavy atom. The fraction of sp³-hybridized carbons (Fsp3) is 0.400. The van der Waals surface area contributed by atoms with Crippen molar-refractivity contribution in [2.75, 3.05) is 13.6 Å². The minimum atomic E-state index is -0.0418. The van der Waals surface area contributed by atoms with E-state index in [0.717, 1.165) is 18.5 Å². The lowest BCUT2D eigenvalue weighted by Gasteiger charge is -2.30. The lowest BCUT2D eigenvalue weighted by atomic mass is 9.77. The minimum Gasteiger partial charge on any atom is -0.319 e. The van der Waals surface area contributed by atoms with Gasteiger partial charge in [-0.05, 0) is 30.7 Å². The molecule has 1 aliphatic carbocycles. The second kappa shape index (κ2) is 2.87. The molecule has 0 aromatic heterocycles. The van der Waals surface area contributed by atoms with Crippen LogP contribution in [-0.4, -0.2) is 13.6 Å². The summed E-state index contributed by atoms with van der Waals surface area (Å²) < 4.78 is 13.0. The highest BCUT2D eigenvalue weighted by Gasteiger charge is 2.27. The van der Waals surface area contributed by atoms with Crippen molar-refractivity contribution in [1.82, 2.24) is 5.32 Å².